The van der Waals surface area contributed by atoms with Gasteiger partial charge in [0.25, 0.3) is 0 Å². The highest BCUT2D eigenvalue weighted by Crippen LogP contribution is 2.28. The van der Waals surface area contributed by atoms with Gasteiger partial charge >= 0.3 is 0 Å². The van der Waals surface area contributed by atoms with E-state index < -0.39 is 0 Å². The summed E-state index contributed by atoms with van der Waals surface area (Å²) in [5.41, 5.74) is 9.01. The Morgan fingerprint density at radius 3 is 2.62 bits per heavy atom. The number of nitrogens with zero attached hydrogens (tertiary/aromatic N) is 2. The molecule has 1 heterocycles. The van der Waals surface area contributed by atoms with E-state index >= 15 is 0 Å². The van der Waals surface area contributed by atoms with Gasteiger partial charge in [-0.25, -0.2) is 4.68 Å². The van der Waals surface area contributed by atoms with Crippen LogP contribution >= 0.6 is 0 Å². The Morgan fingerprint density at radius 1 is 1.43 bits per heavy atom. The average Bonchev–Trinajstić information content (AvgIpc) is 2.83. The van der Waals surface area contributed by atoms with Crippen LogP contribution in [0.2, 0.25) is 0 Å². The molecule has 0 spiro atoms. The molecule has 1 unspecified atom stereocenters. The lowest BCUT2D eigenvalue weighted by Gasteiger charge is -2.09. The van der Waals surface area contributed by atoms with Crippen molar-refractivity contribution in [1.29, 1.82) is 0 Å². The monoisotopic (exact) mass is 281 g/mol. The van der Waals surface area contributed by atoms with Crippen molar-refractivity contribution in [2.45, 2.75) is 32.7 Å². The van der Waals surface area contributed by atoms with Gasteiger partial charge in [0.2, 0.25) is 0 Å². The molecule has 4 nitrogen and oxygen atoms in total. The van der Waals surface area contributed by atoms with E-state index in [1.165, 1.54) is 10.2 Å². The van der Waals surface area contributed by atoms with Gasteiger partial charge in [-0.2, -0.15) is 5.10 Å². The highest BCUT2D eigenvalue weighted by atomic mass is 16.1. The Hall–Kier alpha value is -2.54. The van der Waals surface area contributed by atoms with Gasteiger partial charge in [-0.1, -0.05) is 44.0 Å². The van der Waals surface area contributed by atoms with Crippen molar-refractivity contribution < 1.29 is 4.79 Å². The quantitative estimate of drug-likeness (QED) is 0.676. The number of rotatable bonds is 5. The first-order valence-corrected chi connectivity index (χ1v) is 6.97. The van der Waals surface area contributed by atoms with E-state index in [1.807, 2.05) is 12.1 Å². The second-order valence-corrected chi connectivity index (χ2v) is 5.06. The van der Waals surface area contributed by atoms with E-state index in [-0.39, 0.29) is 6.54 Å². The van der Waals surface area contributed by atoms with Crippen molar-refractivity contribution in [1.82, 2.24) is 9.78 Å². The van der Waals surface area contributed by atoms with Gasteiger partial charge < -0.3 is 5.73 Å². The fourth-order valence-corrected chi connectivity index (χ4v) is 2.23. The Bertz CT molecular complexity index is 677. The van der Waals surface area contributed by atoms with Crippen molar-refractivity contribution in [2.24, 2.45) is 0 Å². The number of hydrogen-bond acceptors (Lipinski definition) is 3. The van der Waals surface area contributed by atoms with Crippen LogP contribution in [0, 0.1) is 12.3 Å². The summed E-state index contributed by atoms with van der Waals surface area (Å²) in [6, 6.07) is 8.07. The van der Waals surface area contributed by atoms with Crippen LogP contribution in [0.15, 0.2) is 24.3 Å². The summed E-state index contributed by atoms with van der Waals surface area (Å²) in [6.07, 6.45) is 7.10. The number of aldehydes is 1. The highest BCUT2D eigenvalue weighted by molar-refractivity contribution is 5.91. The molecule has 2 aromatic rings. The molecule has 2 rings (SSSR count). The predicted molar refractivity (Wildman–Crippen MR) is 85.0 cm³/mol. The van der Waals surface area contributed by atoms with E-state index in [2.05, 4.69) is 37.0 Å². The number of hydrogen-bond donors (Lipinski definition) is 1. The third kappa shape index (κ3) is 2.82. The zero-order valence-corrected chi connectivity index (χ0v) is 12.3. The van der Waals surface area contributed by atoms with Crippen molar-refractivity contribution in [3.8, 4) is 23.6 Å². The lowest BCUT2D eigenvalue weighted by molar-refractivity contribution is 0.112. The predicted octanol–water partition coefficient (Wildman–Crippen LogP) is 3.09. The topological polar surface area (TPSA) is 60.9 Å². The minimum atomic E-state index is 0.248. The molecule has 0 aliphatic rings. The summed E-state index contributed by atoms with van der Waals surface area (Å²) >= 11 is 0. The Morgan fingerprint density at radius 2 is 2.10 bits per heavy atom. The summed E-state index contributed by atoms with van der Waals surface area (Å²) in [5, 5.41) is 4.35. The van der Waals surface area contributed by atoms with Gasteiger partial charge in [0.1, 0.15) is 18.1 Å². The maximum atomic E-state index is 11.3. The average molecular weight is 281 g/mol. The number of anilines is 1. The Labute approximate surface area is 125 Å². The summed E-state index contributed by atoms with van der Waals surface area (Å²) in [4.78, 5) is 11.3. The first kappa shape index (κ1) is 14.9. The van der Waals surface area contributed by atoms with Gasteiger partial charge in [0.15, 0.2) is 6.29 Å². The molecule has 0 aliphatic heterocycles. The van der Waals surface area contributed by atoms with E-state index in [1.54, 1.807) is 0 Å². The van der Waals surface area contributed by atoms with Gasteiger partial charge in [0, 0.05) is 5.56 Å². The molecule has 21 heavy (non-hydrogen) atoms. The molecule has 0 saturated carbocycles. The summed E-state index contributed by atoms with van der Waals surface area (Å²) in [6.45, 7) is 4.59. The summed E-state index contributed by atoms with van der Waals surface area (Å²) < 4.78 is 1.47. The van der Waals surface area contributed by atoms with Crippen LogP contribution in [0.1, 0.15) is 42.1 Å². The molecule has 0 aliphatic carbocycles. The lowest BCUT2D eigenvalue weighted by atomic mass is 9.96. The van der Waals surface area contributed by atoms with Gasteiger partial charge in [-0.05, 0) is 17.9 Å². The fraction of sp³-hybridized carbons (Fsp3) is 0.294. The Balaban J connectivity index is 2.44. The maximum Gasteiger partial charge on any atom is 0.156 e. The van der Waals surface area contributed by atoms with Crippen LogP contribution in [0.3, 0.4) is 0 Å². The number of carbonyl (C=O) groups is 1. The second kappa shape index (κ2) is 6.27. The molecule has 0 amide bonds. The zero-order valence-electron chi connectivity index (χ0n) is 12.3. The van der Waals surface area contributed by atoms with Crippen molar-refractivity contribution >= 4 is 12.1 Å². The molecular formula is C17H19N3O. The van der Waals surface area contributed by atoms with E-state index in [4.69, 9.17) is 12.2 Å². The molecule has 4 heteroatoms. The van der Waals surface area contributed by atoms with Gasteiger partial charge in [-0.3, -0.25) is 4.79 Å². The van der Waals surface area contributed by atoms with Crippen molar-refractivity contribution in [3.05, 3.63) is 35.4 Å². The lowest BCUT2D eigenvalue weighted by Crippen LogP contribution is -2.03. The largest absolute Gasteiger partial charge is 0.383 e. The SMILES string of the molecule is C#CCn1nc(-c2ccc(C(C)CC)cc2)c(C=O)c1N. The van der Waals surface area contributed by atoms with E-state index in [9.17, 15) is 4.79 Å². The van der Waals surface area contributed by atoms with E-state index in [0.717, 1.165) is 18.3 Å². The van der Waals surface area contributed by atoms with Crippen LogP contribution in [0.4, 0.5) is 5.82 Å². The fourth-order valence-electron chi connectivity index (χ4n) is 2.23. The molecule has 0 radical (unpaired) electrons. The molecule has 1 atom stereocenters. The molecule has 0 saturated heterocycles. The number of aromatic nitrogens is 2. The minimum absolute atomic E-state index is 0.248. The Kier molecular flexibility index (Phi) is 4.44. The molecule has 0 bridgehead atoms. The maximum absolute atomic E-state index is 11.3. The number of benzene rings is 1. The normalized spacial score (nSPS) is 11.9. The summed E-state index contributed by atoms with van der Waals surface area (Å²) in [7, 11) is 0. The van der Waals surface area contributed by atoms with Crippen LogP contribution in [0.5, 0.6) is 0 Å². The van der Waals surface area contributed by atoms with Crippen LogP contribution < -0.4 is 5.73 Å². The molecule has 0 fully saturated rings. The third-order valence-corrected chi connectivity index (χ3v) is 3.75. The minimum Gasteiger partial charge on any atom is -0.383 e. The molecule has 1 aromatic carbocycles. The van der Waals surface area contributed by atoms with Crippen LogP contribution in [0.25, 0.3) is 11.3 Å². The number of carbonyl (C=O) groups excluding carboxylic acids is 1. The number of nitrogen functional groups attached to an aromatic ring is 1. The van der Waals surface area contributed by atoms with Crippen molar-refractivity contribution in [3.63, 3.8) is 0 Å². The molecule has 1 aromatic heterocycles. The molecular weight excluding hydrogens is 262 g/mol. The standard InChI is InChI=1S/C17H19N3O/c1-4-10-20-17(18)15(11-21)16(19-20)14-8-6-13(7-9-14)12(3)5-2/h1,6-9,11-12H,5,10,18H2,2-3H3. The molecule has 108 valence electrons. The second-order valence-electron chi connectivity index (χ2n) is 5.06. The number of terminal acetylenes is 1. The highest BCUT2D eigenvalue weighted by Gasteiger charge is 2.16. The smallest absolute Gasteiger partial charge is 0.156 e. The first-order chi connectivity index (χ1) is 10.1. The number of nitrogens with two attached hydrogens (primary N) is 1. The van der Waals surface area contributed by atoms with E-state index in [0.29, 0.717) is 23.0 Å². The van der Waals surface area contributed by atoms with Crippen LogP contribution in [-0.4, -0.2) is 16.1 Å². The van der Waals surface area contributed by atoms with Gasteiger partial charge in [-0.15, -0.1) is 6.42 Å². The summed E-state index contributed by atoms with van der Waals surface area (Å²) in [5.74, 6) is 3.29. The zero-order chi connectivity index (χ0) is 15.4. The van der Waals surface area contributed by atoms with Gasteiger partial charge in [0.05, 0.1) is 5.56 Å². The molecule has 2 N–H and O–H groups in total. The van der Waals surface area contributed by atoms with Crippen LogP contribution in [-0.2, 0) is 6.54 Å². The van der Waals surface area contributed by atoms with Crippen molar-refractivity contribution in [2.75, 3.05) is 5.73 Å². The third-order valence-electron chi connectivity index (χ3n) is 3.75. The first-order valence-electron chi connectivity index (χ1n) is 6.97.